The molecule has 1 aromatic carbocycles. The summed E-state index contributed by atoms with van der Waals surface area (Å²) in [4.78, 5) is 0. The standard InChI is InChI=1S/C12H13O.Li/c1-2-6-12(10-13)9-11-7-4-3-5-8-11;/h1,3-5,7-8,12H,6,9-10H2;/q-1;+1. The monoisotopic (exact) mass is 180 g/mol. The third kappa shape index (κ3) is 4.54. The van der Waals surface area contributed by atoms with Crippen LogP contribution in [0.2, 0.25) is 0 Å². The fraction of sp³-hybridized carbons (Fsp3) is 0.333. The van der Waals surface area contributed by atoms with Crippen molar-refractivity contribution in [3.05, 3.63) is 35.9 Å². The fourth-order valence-corrected chi connectivity index (χ4v) is 1.30. The van der Waals surface area contributed by atoms with Gasteiger partial charge >= 0.3 is 18.9 Å². The van der Waals surface area contributed by atoms with Gasteiger partial charge in [-0.1, -0.05) is 30.3 Å². The van der Waals surface area contributed by atoms with Crippen molar-refractivity contribution in [3.63, 3.8) is 0 Å². The molecule has 0 radical (unpaired) electrons. The third-order valence-corrected chi connectivity index (χ3v) is 2.01. The molecule has 1 rings (SSSR count). The Morgan fingerprint density at radius 3 is 2.43 bits per heavy atom. The Morgan fingerprint density at radius 1 is 1.29 bits per heavy atom. The average Bonchev–Trinajstić information content (AvgIpc) is 2.19. The third-order valence-electron chi connectivity index (χ3n) is 2.01. The van der Waals surface area contributed by atoms with Gasteiger partial charge in [0.15, 0.2) is 0 Å². The summed E-state index contributed by atoms with van der Waals surface area (Å²) in [5.41, 5.74) is 1.19. The molecule has 68 valence electrons. The molecule has 0 N–H and O–H groups in total. The van der Waals surface area contributed by atoms with E-state index in [2.05, 4.69) is 5.92 Å². The number of terminal acetylenes is 1. The van der Waals surface area contributed by atoms with Gasteiger partial charge in [-0.15, -0.1) is 19.0 Å². The SMILES string of the molecule is C#CCC(C[O-])Cc1ccccc1.[Li+]. The van der Waals surface area contributed by atoms with Crippen LogP contribution in [0, 0.1) is 18.3 Å². The van der Waals surface area contributed by atoms with Gasteiger partial charge in [-0.25, -0.2) is 0 Å². The molecule has 0 aromatic heterocycles. The van der Waals surface area contributed by atoms with E-state index in [0.29, 0.717) is 6.42 Å². The number of hydrogen-bond donors (Lipinski definition) is 0. The summed E-state index contributed by atoms with van der Waals surface area (Å²) in [6.07, 6.45) is 6.55. The molecule has 0 amide bonds. The first-order valence-corrected chi connectivity index (χ1v) is 4.42. The summed E-state index contributed by atoms with van der Waals surface area (Å²) in [6.45, 7) is -0.0842. The minimum absolute atomic E-state index is 0. The van der Waals surface area contributed by atoms with Crippen LogP contribution in [0.25, 0.3) is 0 Å². The molecule has 0 aliphatic rings. The van der Waals surface area contributed by atoms with Gasteiger partial charge in [-0.2, -0.15) is 0 Å². The van der Waals surface area contributed by atoms with Crippen LogP contribution in [0.15, 0.2) is 30.3 Å². The van der Waals surface area contributed by atoms with Gasteiger partial charge in [0.25, 0.3) is 0 Å². The van der Waals surface area contributed by atoms with Crippen molar-refractivity contribution >= 4 is 0 Å². The van der Waals surface area contributed by atoms with Crippen molar-refractivity contribution in [1.82, 2.24) is 0 Å². The van der Waals surface area contributed by atoms with Crippen molar-refractivity contribution in [2.45, 2.75) is 12.8 Å². The van der Waals surface area contributed by atoms with Gasteiger partial charge in [0, 0.05) is 6.42 Å². The molecule has 0 saturated heterocycles. The molecule has 14 heavy (non-hydrogen) atoms. The molecule has 0 aliphatic heterocycles. The maximum Gasteiger partial charge on any atom is 1.00 e. The molecule has 0 heterocycles. The maximum absolute atomic E-state index is 10.7. The van der Waals surface area contributed by atoms with E-state index >= 15 is 0 Å². The molecule has 0 spiro atoms. The van der Waals surface area contributed by atoms with Crippen LogP contribution in [0.3, 0.4) is 0 Å². The molecule has 0 aliphatic carbocycles. The Labute approximate surface area is 97.7 Å². The van der Waals surface area contributed by atoms with E-state index < -0.39 is 0 Å². The minimum Gasteiger partial charge on any atom is -0.854 e. The molecule has 1 atom stereocenters. The average molecular weight is 180 g/mol. The number of benzene rings is 1. The summed E-state index contributed by atoms with van der Waals surface area (Å²) in [5, 5.41) is 10.7. The van der Waals surface area contributed by atoms with Crippen molar-refractivity contribution in [2.24, 2.45) is 5.92 Å². The van der Waals surface area contributed by atoms with Crippen LogP contribution in [0.1, 0.15) is 12.0 Å². The quantitative estimate of drug-likeness (QED) is 0.397. The first kappa shape index (κ1) is 13.3. The van der Waals surface area contributed by atoms with Gasteiger partial charge < -0.3 is 5.11 Å². The van der Waals surface area contributed by atoms with Crippen LogP contribution in [-0.4, -0.2) is 6.61 Å². The van der Waals surface area contributed by atoms with Crippen molar-refractivity contribution in [1.29, 1.82) is 0 Å². The minimum atomic E-state index is -0.0842. The van der Waals surface area contributed by atoms with Gasteiger partial charge in [-0.3, -0.25) is 0 Å². The normalized spacial score (nSPS) is 11.1. The second kappa shape index (κ2) is 7.71. The van der Waals surface area contributed by atoms with Crippen LogP contribution < -0.4 is 24.0 Å². The second-order valence-electron chi connectivity index (χ2n) is 3.13. The zero-order chi connectivity index (χ0) is 9.52. The first-order valence-electron chi connectivity index (χ1n) is 4.42. The van der Waals surface area contributed by atoms with Gasteiger partial charge in [0.1, 0.15) is 0 Å². The van der Waals surface area contributed by atoms with E-state index in [1.54, 1.807) is 0 Å². The molecule has 1 unspecified atom stereocenters. The molecule has 0 fully saturated rings. The van der Waals surface area contributed by atoms with Crippen LogP contribution in [0.5, 0.6) is 0 Å². The number of rotatable bonds is 4. The van der Waals surface area contributed by atoms with E-state index in [1.165, 1.54) is 5.56 Å². The largest absolute Gasteiger partial charge is 1.00 e. The molecule has 2 heteroatoms. The molecule has 0 saturated carbocycles. The summed E-state index contributed by atoms with van der Waals surface area (Å²) in [7, 11) is 0. The first-order chi connectivity index (χ1) is 6.36. The summed E-state index contributed by atoms with van der Waals surface area (Å²) in [6, 6.07) is 9.98. The van der Waals surface area contributed by atoms with Crippen molar-refractivity contribution in [2.75, 3.05) is 6.61 Å². The Morgan fingerprint density at radius 2 is 1.93 bits per heavy atom. The van der Waals surface area contributed by atoms with Gasteiger partial charge in [-0.05, 0) is 17.9 Å². The topological polar surface area (TPSA) is 23.1 Å². The zero-order valence-corrected chi connectivity index (χ0v) is 8.57. The zero-order valence-electron chi connectivity index (χ0n) is 8.57. The predicted octanol–water partition coefficient (Wildman–Crippen LogP) is -1.77. The molecule has 0 bridgehead atoms. The van der Waals surface area contributed by atoms with Gasteiger partial charge in [0.05, 0.1) is 0 Å². The van der Waals surface area contributed by atoms with E-state index in [1.807, 2.05) is 30.3 Å². The molecule has 1 aromatic rings. The Balaban J connectivity index is 0.00000169. The predicted molar refractivity (Wildman–Crippen MR) is 52.0 cm³/mol. The van der Waals surface area contributed by atoms with E-state index in [0.717, 1.165) is 6.42 Å². The Hall–Kier alpha value is -0.663. The smallest absolute Gasteiger partial charge is 0.854 e. The number of hydrogen-bond acceptors (Lipinski definition) is 1. The fourth-order valence-electron chi connectivity index (χ4n) is 1.30. The van der Waals surface area contributed by atoms with Crippen molar-refractivity contribution < 1.29 is 24.0 Å². The molecule has 1 nitrogen and oxygen atoms in total. The maximum atomic E-state index is 10.7. The second-order valence-corrected chi connectivity index (χ2v) is 3.13. The van der Waals surface area contributed by atoms with Crippen LogP contribution >= 0.6 is 0 Å². The summed E-state index contributed by atoms with van der Waals surface area (Å²) in [5.74, 6) is 2.63. The van der Waals surface area contributed by atoms with E-state index in [-0.39, 0.29) is 31.4 Å². The van der Waals surface area contributed by atoms with Gasteiger partial charge in [0.2, 0.25) is 0 Å². The Bertz CT molecular complexity index is 276. The summed E-state index contributed by atoms with van der Waals surface area (Å²) < 4.78 is 0. The van der Waals surface area contributed by atoms with E-state index in [9.17, 15) is 5.11 Å². The molecular formula is C12H13LiO. The van der Waals surface area contributed by atoms with E-state index in [4.69, 9.17) is 6.42 Å². The molecular weight excluding hydrogens is 167 g/mol. The summed E-state index contributed by atoms with van der Waals surface area (Å²) >= 11 is 0. The van der Waals surface area contributed by atoms with Crippen LogP contribution in [-0.2, 0) is 6.42 Å². The van der Waals surface area contributed by atoms with Crippen molar-refractivity contribution in [3.8, 4) is 12.3 Å². The van der Waals surface area contributed by atoms with Crippen LogP contribution in [0.4, 0.5) is 0 Å². The Kier molecular flexibility index (Phi) is 7.35.